The molecule has 0 N–H and O–H groups in total. The Balaban J connectivity index is 2.17. The predicted octanol–water partition coefficient (Wildman–Crippen LogP) is 4.18. The van der Waals surface area contributed by atoms with Crippen LogP contribution in [0.1, 0.15) is 32.6 Å². The zero-order valence-corrected chi connectivity index (χ0v) is 8.37. The lowest BCUT2D eigenvalue weighted by atomic mass is 10.1. The minimum atomic E-state index is 1.14. The van der Waals surface area contributed by atoms with E-state index in [0.717, 1.165) is 6.42 Å². The molecule has 70 valence electrons. The Labute approximate surface area is 81.4 Å². The van der Waals surface area contributed by atoms with Crippen LogP contribution in [0.15, 0.2) is 48.1 Å². The summed E-state index contributed by atoms with van der Waals surface area (Å²) in [5.41, 5.74) is 1.61. The third-order valence-electron chi connectivity index (χ3n) is 2.18. The van der Waals surface area contributed by atoms with Gasteiger partial charge in [0.2, 0.25) is 0 Å². The van der Waals surface area contributed by atoms with Gasteiger partial charge in [-0.15, -0.1) is 0 Å². The maximum atomic E-state index is 2.38. The van der Waals surface area contributed by atoms with Crippen LogP contribution in [-0.2, 0) is 0 Å². The van der Waals surface area contributed by atoms with Crippen LogP contribution in [-0.4, -0.2) is 0 Å². The van der Waals surface area contributed by atoms with Crippen LogP contribution in [0.3, 0.4) is 0 Å². The van der Waals surface area contributed by atoms with E-state index in [4.69, 9.17) is 0 Å². The van der Waals surface area contributed by atoms with Crippen LogP contribution in [0.4, 0.5) is 0 Å². The largest absolute Gasteiger partial charge is 0.0877 e. The molecule has 1 aliphatic rings. The van der Waals surface area contributed by atoms with Crippen molar-refractivity contribution in [2.75, 3.05) is 0 Å². The summed E-state index contributed by atoms with van der Waals surface area (Å²) in [6.07, 6.45) is 20.0. The third kappa shape index (κ3) is 4.51. The van der Waals surface area contributed by atoms with Gasteiger partial charge in [0.05, 0.1) is 0 Å². The van der Waals surface area contributed by atoms with Crippen LogP contribution in [0.5, 0.6) is 0 Å². The highest BCUT2D eigenvalue weighted by Gasteiger charge is 2.00. The molecular formula is C13H18. The summed E-state index contributed by atoms with van der Waals surface area (Å²) in [6.45, 7) is 2.03. The summed E-state index contributed by atoms with van der Waals surface area (Å²) >= 11 is 0. The maximum absolute atomic E-state index is 2.38. The number of hydrogen-bond donors (Lipinski definition) is 0. The van der Waals surface area contributed by atoms with Gasteiger partial charge in [0.25, 0.3) is 0 Å². The van der Waals surface area contributed by atoms with Gasteiger partial charge in [-0.05, 0) is 32.6 Å². The van der Waals surface area contributed by atoms with Crippen LogP contribution in [0.25, 0.3) is 0 Å². The van der Waals surface area contributed by atoms with E-state index in [-0.39, 0.29) is 0 Å². The number of rotatable bonds is 4. The molecule has 13 heavy (non-hydrogen) atoms. The molecule has 0 radical (unpaired) electrons. The first-order valence-electron chi connectivity index (χ1n) is 5.06. The molecule has 0 saturated carbocycles. The standard InChI is InChI=1S/C13H18/c1-2-3-4-5-6-7-10-13-11-8-9-12-13/h2-7,11H,8-10,12H2,1H3/b3-2?,5-4-,7-6+. The molecule has 0 heteroatoms. The van der Waals surface area contributed by atoms with E-state index in [9.17, 15) is 0 Å². The van der Waals surface area contributed by atoms with Gasteiger partial charge < -0.3 is 0 Å². The first kappa shape index (κ1) is 10.0. The Morgan fingerprint density at radius 2 is 2.08 bits per heavy atom. The molecule has 0 unspecified atom stereocenters. The molecule has 0 saturated heterocycles. The molecule has 0 fully saturated rings. The summed E-state index contributed by atoms with van der Waals surface area (Å²) in [5, 5.41) is 0. The predicted molar refractivity (Wildman–Crippen MR) is 59.6 cm³/mol. The molecule has 0 amide bonds. The van der Waals surface area contributed by atoms with Crippen molar-refractivity contribution in [3.63, 3.8) is 0 Å². The van der Waals surface area contributed by atoms with Crippen molar-refractivity contribution < 1.29 is 0 Å². The van der Waals surface area contributed by atoms with Gasteiger partial charge in [0.15, 0.2) is 0 Å². The Morgan fingerprint density at radius 1 is 1.23 bits per heavy atom. The van der Waals surface area contributed by atoms with Crippen molar-refractivity contribution in [2.24, 2.45) is 0 Å². The molecule has 0 aromatic carbocycles. The average molecular weight is 174 g/mol. The molecule has 1 aliphatic carbocycles. The second kappa shape index (κ2) is 6.47. The second-order valence-corrected chi connectivity index (χ2v) is 3.30. The smallest absolute Gasteiger partial charge is 0.0136 e. The molecule has 0 aromatic rings. The molecule has 0 spiro atoms. The SMILES string of the molecule is CC=C/C=C\C=C\CC1=CCCC1. The fourth-order valence-corrected chi connectivity index (χ4v) is 1.46. The number of allylic oxidation sites excluding steroid dienone is 8. The van der Waals surface area contributed by atoms with Crippen molar-refractivity contribution in [3.8, 4) is 0 Å². The Hall–Kier alpha value is -1.04. The van der Waals surface area contributed by atoms with Gasteiger partial charge in [0, 0.05) is 0 Å². The van der Waals surface area contributed by atoms with Crippen LogP contribution < -0.4 is 0 Å². The Morgan fingerprint density at radius 3 is 2.77 bits per heavy atom. The van der Waals surface area contributed by atoms with Crippen molar-refractivity contribution in [2.45, 2.75) is 32.6 Å². The number of hydrogen-bond acceptors (Lipinski definition) is 0. The summed E-state index contributed by atoms with van der Waals surface area (Å²) in [5.74, 6) is 0. The van der Waals surface area contributed by atoms with E-state index in [2.05, 4.69) is 30.4 Å². The van der Waals surface area contributed by atoms with Crippen LogP contribution in [0, 0.1) is 0 Å². The Bertz CT molecular complexity index is 239. The Kier molecular flexibility index (Phi) is 5.00. The lowest BCUT2D eigenvalue weighted by molar-refractivity contribution is 0.893. The van der Waals surface area contributed by atoms with E-state index >= 15 is 0 Å². The van der Waals surface area contributed by atoms with Crippen LogP contribution in [0.2, 0.25) is 0 Å². The fraction of sp³-hybridized carbons (Fsp3) is 0.385. The normalized spacial score (nSPS) is 18.1. The van der Waals surface area contributed by atoms with Gasteiger partial charge in [-0.2, -0.15) is 0 Å². The van der Waals surface area contributed by atoms with Gasteiger partial charge in [-0.25, -0.2) is 0 Å². The summed E-state index contributed by atoms with van der Waals surface area (Å²) in [7, 11) is 0. The highest BCUT2D eigenvalue weighted by Crippen LogP contribution is 2.20. The minimum Gasteiger partial charge on any atom is -0.0877 e. The first-order valence-corrected chi connectivity index (χ1v) is 5.06. The van der Waals surface area contributed by atoms with Crippen LogP contribution >= 0.6 is 0 Å². The van der Waals surface area contributed by atoms with Gasteiger partial charge >= 0.3 is 0 Å². The highest BCUT2D eigenvalue weighted by molar-refractivity contribution is 5.16. The van der Waals surface area contributed by atoms with E-state index in [1.807, 2.05) is 19.1 Å². The average Bonchev–Trinajstić information content (AvgIpc) is 2.63. The third-order valence-corrected chi connectivity index (χ3v) is 2.18. The molecule has 0 nitrogen and oxygen atoms in total. The molecule has 0 aromatic heterocycles. The molecule has 0 bridgehead atoms. The maximum Gasteiger partial charge on any atom is -0.0136 e. The minimum absolute atomic E-state index is 1.14. The quantitative estimate of drug-likeness (QED) is 0.443. The zero-order valence-electron chi connectivity index (χ0n) is 8.37. The van der Waals surface area contributed by atoms with E-state index in [1.54, 1.807) is 5.57 Å². The summed E-state index contributed by atoms with van der Waals surface area (Å²) < 4.78 is 0. The monoisotopic (exact) mass is 174 g/mol. The van der Waals surface area contributed by atoms with E-state index in [0.29, 0.717) is 0 Å². The summed E-state index contributed by atoms with van der Waals surface area (Å²) in [6, 6.07) is 0. The summed E-state index contributed by atoms with van der Waals surface area (Å²) in [4.78, 5) is 0. The molecule has 1 rings (SSSR count). The zero-order chi connectivity index (χ0) is 9.36. The van der Waals surface area contributed by atoms with Crippen molar-refractivity contribution in [1.29, 1.82) is 0 Å². The van der Waals surface area contributed by atoms with Gasteiger partial charge in [-0.3, -0.25) is 0 Å². The molecular weight excluding hydrogens is 156 g/mol. The lowest BCUT2D eigenvalue weighted by Crippen LogP contribution is -1.72. The lowest BCUT2D eigenvalue weighted by Gasteiger charge is -1.92. The van der Waals surface area contributed by atoms with Crippen molar-refractivity contribution >= 4 is 0 Å². The first-order chi connectivity index (χ1) is 6.43. The highest BCUT2D eigenvalue weighted by atomic mass is 14.1. The van der Waals surface area contributed by atoms with Gasteiger partial charge in [-0.1, -0.05) is 48.1 Å². The van der Waals surface area contributed by atoms with Crippen molar-refractivity contribution in [1.82, 2.24) is 0 Å². The second-order valence-electron chi connectivity index (χ2n) is 3.30. The van der Waals surface area contributed by atoms with E-state index in [1.165, 1.54) is 19.3 Å². The fourth-order valence-electron chi connectivity index (χ4n) is 1.46. The van der Waals surface area contributed by atoms with Crippen molar-refractivity contribution in [3.05, 3.63) is 48.1 Å². The van der Waals surface area contributed by atoms with E-state index < -0.39 is 0 Å². The topological polar surface area (TPSA) is 0 Å². The molecule has 0 aliphatic heterocycles. The molecule has 0 atom stereocenters. The molecule has 0 heterocycles. The van der Waals surface area contributed by atoms with Gasteiger partial charge in [0.1, 0.15) is 0 Å².